The molecule has 3 rings (SSSR count). The molecule has 0 aliphatic carbocycles. The van der Waals surface area contributed by atoms with Gasteiger partial charge in [-0.05, 0) is 44.0 Å². The molecule has 0 saturated carbocycles. The molecule has 0 bridgehead atoms. The van der Waals surface area contributed by atoms with Crippen LogP contribution < -0.4 is 10.1 Å². The molecule has 6 heteroatoms. The van der Waals surface area contributed by atoms with Gasteiger partial charge in [0.05, 0.1) is 12.0 Å². The Morgan fingerprint density at radius 2 is 1.88 bits per heavy atom. The normalized spacial score (nSPS) is 10.8. The number of nitrogens with one attached hydrogen (secondary N) is 1. The molecule has 3 aromatic rings. The number of carbonyl (C=O) groups excluding carboxylic acids is 1. The number of methoxy groups -OCH3 is 1. The number of aromatic nitrogens is 2. The molecular formula is C18H19N3O2S. The minimum atomic E-state index is -0.0802. The number of amides is 1. The van der Waals surface area contributed by atoms with Gasteiger partial charge in [0.15, 0.2) is 0 Å². The highest BCUT2D eigenvalue weighted by Gasteiger charge is 2.18. The van der Waals surface area contributed by atoms with E-state index in [1.807, 2.05) is 45.0 Å². The molecule has 0 fully saturated rings. The standard InChI is InChI=1S/C18H19N3O2S/c1-10-15-11(2)20-12(3)21-18(15)24-16(10)17(22)19-9-13-5-7-14(23-4)8-6-13/h5-8H,9H2,1-4H3,(H,19,22). The first-order chi connectivity index (χ1) is 11.5. The summed E-state index contributed by atoms with van der Waals surface area (Å²) in [4.78, 5) is 23.0. The zero-order valence-electron chi connectivity index (χ0n) is 14.1. The molecular weight excluding hydrogens is 322 g/mol. The summed E-state index contributed by atoms with van der Waals surface area (Å²) in [6.45, 7) is 6.24. The lowest BCUT2D eigenvalue weighted by atomic mass is 10.1. The topological polar surface area (TPSA) is 64.1 Å². The number of rotatable bonds is 4. The Morgan fingerprint density at radius 1 is 1.17 bits per heavy atom. The van der Waals surface area contributed by atoms with Crippen LogP contribution in [0.25, 0.3) is 10.2 Å². The number of hydrogen-bond acceptors (Lipinski definition) is 5. The molecule has 1 N–H and O–H groups in total. The van der Waals surface area contributed by atoms with Crippen LogP contribution in [0.1, 0.15) is 32.3 Å². The van der Waals surface area contributed by atoms with Gasteiger partial charge < -0.3 is 10.1 Å². The van der Waals surface area contributed by atoms with Crippen LogP contribution in [0.2, 0.25) is 0 Å². The van der Waals surface area contributed by atoms with Crippen LogP contribution in [-0.2, 0) is 6.54 Å². The van der Waals surface area contributed by atoms with Crippen LogP contribution in [0.5, 0.6) is 5.75 Å². The molecule has 2 aromatic heterocycles. The molecule has 0 aliphatic heterocycles. The monoisotopic (exact) mass is 341 g/mol. The van der Waals surface area contributed by atoms with Gasteiger partial charge in [-0.2, -0.15) is 0 Å². The van der Waals surface area contributed by atoms with Gasteiger partial charge >= 0.3 is 0 Å². The summed E-state index contributed by atoms with van der Waals surface area (Å²) in [5.41, 5.74) is 2.88. The Kier molecular flexibility index (Phi) is 4.49. The Balaban J connectivity index is 1.80. The molecule has 2 heterocycles. The third kappa shape index (κ3) is 3.10. The van der Waals surface area contributed by atoms with Crippen molar-refractivity contribution in [2.24, 2.45) is 0 Å². The molecule has 0 saturated heterocycles. The van der Waals surface area contributed by atoms with Gasteiger partial charge in [0.25, 0.3) is 5.91 Å². The maximum absolute atomic E-state index is 12.6. The predicted octanol–water partition coefficient (Wildman–Crippen LogP) is 3.56. The second-order valence-corrected chi connectivity index (χ2v) is 6.62. The number of benzene rings is 1. The van der Waals surface area contributed by atoms with Gasteiger partial charge in [-0.25, -0.2) is 9.97 Å². The second kappa shape index (κ2) is 6.57. The van der Waals surface area contributed by atoms with Crippen molar-refractivity contribution in [1.82, 2.24) is 15.3 Å². The minimum absolute atomic E-state index is 0.0802. The number of aryl methyl sites for hydroxylation is 3. The third-order valence-electron chi connectivity index (χ3n) is 3.90. The number of ether oxygens (including phenoxy) is 1. The predicted molar refractivity (Wildman–Crippen MR) is 95.8 cm³/mol. The van der Waals surface area contributed by atoms with Crippen LogP contribution in [0.4, 0.5) is 0 Å². The summed E-state index contributed by atoms with van der Waals surface area (Å²) in [5.74, 6) is 1.45. The lowest BCUT2D eigenvalue weighted by Crippen LogP contribution is -2.22. The van der Waals surface area contributed by atoms with E-state index in [9.17, 15) is 4.79 Å². The number of nitrogens with zero attached hydrogens (tertiary/aromatic N) is 2. The summed E-state index contributed by atoms with van der Waals surface area (Å²) in [6, 6.07) is 7.65. The van der Waals surface area contributed by atoms with E-state index in [1.165, 1.54) is 11.3 Å². The zero-order valence-corrected chi connectivity index (χ0v) is 15.0. The fourth-order valence-corrected chi connectivity index (χ4v) is 3.89. The highest BCUT2D eigenvalue weighted by molar-refractivity contribution is 7.20. The van der Waals surface area contributed by atoms with Crippen molar-refractivity contribution in [1.29, 1.82) is 0 Å². The first-order valence-electron chi connectivity index (χ1n) is 7.65. The van der Waals surface area contributed by atoms with E-state index in [1.54, 1.807) is 7.11 Å². The Morgan fingerprint density at radius 3 is 2.54 bits per heavy atom. The van der Waals surface area contributed by atoms with E-state index in [2.05, 4.69) is 15.3 Å². The maximum Gasteiger partial charge on any atom is 0.261 e. The maximum atomic E-state index is 12.6. The van der Waals surface area contributed by atoms with Gasteiger partial charge in [-0.3, -0.25) is 4.79 Å². The quantitative estimate of drug-likeness (QED) is 0.788. The van der Waals surface area contributed by atoms with E-state index in [0.717, 1.165) is 38.6 Å². The molecule has 0 spiro atoms. The van der Waals surface area contributed by atoms with Crippen molar-refractivity contribution in [3.05, 3.63) is 51.8 Å². The van der Waals surface area contributed by atoms with Crippen molar-refractivity contribution >= 4 is 27.5 Å². The highest BCUT2D eigenvalue weighted by atomic mass is 32.1. The zero-order chi connectivity index (χ0) is 17.3. The molecule has 0 aliphatic rings. The summed E-state index contributed by atoms with van der Waals surface area (Å²) >= 11 is 1.42. The average molecular weight is 341 g/mol. The van der Waals surface area contributed by atoms with Crippen LogP contribution >= 0.6 is 11.3 Å². The van der Waals surface area contributed by atoms with Gasteiger partial charge in [-0.15, -0.1) is 11.3 Å². The van der Waals surface area contributed by atoms with E-state index >= 15 is 0 Å². The molecule has 0 atom stereocenters. The average Bonchev–Trinajstić information content (AvgIpc) is 2.90. The molecule has 0 radical (unpaired) electrons. The van der Waals surface area contributed by atoms with Gasteiger partial charge in [0, 0.05) is 17.6 Å². The summed E-state index contributed by atoms with van der Waals surface area (Å²) in [7, 11) is 1.63. The number of fused-ring (bicyclic) bond motifs is 1. The second-order valence-electron chi connectivity index (χ2n) is 5.62. The molecule has 5 nitrogen and oxygen atoms in total. The van der Waals surface area contributed by atoms with Crippen LogP contribution in [0.3, 0.4) is 0 Å². The Labute approximate surface area is 144 Å². The minimum Gasteiger partial charge on any atom is -0.497 e. The number of hydrogen-bond donors (Lipinski definition) is 1. The molecule has 1 aromatic carbocycles. The first kappa shape index (κ1) is 16.4. The molecule has 24 heavy (non-hydrogen) atoms. The molecule has 0 unspecified atom stereocenters. The van der Waals surface area contributed by atoms with Crippen LogP contribution in [-0.4, -0.2) is 23.0 Å². The highest BCUT2D eigenvalue weighted by Crippen LogP contribution is 2.31. The largest absolute Gasteiger partial charge is 0.497 e. The first-order valence-corrected chi connectivity index (χ1v) is 8.46. The van der Waals surface area contributed by atoms with Crippen molar-refractivity contribution in [3.8, 4) is 5.75 Å². The lowest BCUT2D eigenvalue weighted by molar-refractivity contribution is 0.0954. The fourth-order valence-electron chi connectivity index (χ4n) is 2.70. The number of carbonyl (C=O) groups is 1. The van der Waals surface area contributed by atoms with Crippen LogP contribution in [0.15, 0.2) is 24.3 Å². The van der Waals surface area contributed by atoms with Crippen molar-refractivity contribution in [2.45, 2.75) is 27.3 Å². The van der Waals surface area contributed by atoms with E-state index in [4.69, 9.17) is 4.74 Å². The van der Waals surface area contributed by atoms with E-state index in [0.29, 0.717) is 11.4 Å². The molecule has 124 valence electrons. The number of thiophene rings is 1. The smallest absolute Gasteiger partial charge is 0.261 e. The van der Waals surface area contributed by atoms with E-state index in [-0.39, 0.29) is 5.91 Å². The third-order valence-corrected chi connectivity index (χ3v) is 5.09. The van der Waals surface area contributed by atoms with Gasteiger partial charge in [0.2, 0.25) is 0 Å². The molecule has 1 amide bonds. The summed E-state index contributed by atoms with van der Waals surface area (Å²) in [5, 5.41) is 3.96. The lowest BCUT2D eigenvalue weighted by Gasteiger charge is -2.06. The SMILES string of the molecule is COc1ccc(CNC(=O)c2sc3nc(C)nc(C)c3c2C)cc1. The Hall–Kier alpha value is -2.47. The summed E-state index contributed by atoms with van der Waals surface area (Å²) < 4.78 is 5.14. The van der Waals surface area contributed by atoms with Gasteiger partial charge in [-0.1, -0.05) is 12.1 Å². The van der Waals surface area contributed by atoms with E-state index < -0.39 is 0 Å². The van der Waals surface area contributed by atoms with Crippen molar-refractivity contribution < 1.29 is 9.53 Å². The van der Waals surface area contributed by atoms with Crippen LogP contribution in [0, 0.1) is 20.8 Å². The fraction of sp³-hybridized carbons (Fsp3) is 0.278. The summed E-state index contributed by atoms with van der Waals surface area (Å²) in [6.07, 6.45) is 0. The van der Waals surface area contributed by atoms with Crippen molar-refractivity contribution in [3.63, 3.8) is 0 Å². The Bertz CT molecular complexity index is 901. The van der Waals surface area contributed by atoms with Crippen molar-refractivity contribution in [2.75, 3.05) is 7.11 Å². The van der Waals surface area contributed by atoms with Gasteiger partial charge in [0.1, 0.15) is 16.4 Å².